The molecule has 1 aromatic heterocycles. The van der Waals surface area contributed by atoms with Crippen LogP contribution in [0, 0.1) is 0 Å². The quantitative estimate of drug-likeness (QED) is 0.670. The zero-order chi connectivity index (χ0) is 25.3. The summed E-state index contributed by atoms with van der Waals surface area (Å²) in [7, 11) is 1.52. The Morgan fingerprint density at radius 3 is 2.32 bits per heavy atom. The van der Waals surface area contributed by atoms with Gasteiger partial charge in [0, 0.05) is 26.6 Å². The molecule has 186 valence electrons. The molecule has 2 aromatic rings. The number of nitrogens with zero attached hydrogens (tertiary/aromatic N) is 3. The fourth-order valence-corrected chi connectivity index (χ4v) is 4.16. The molecular formula is C24H31F3N4O3. The van der Waals surface area contributed by atoms with Gasteiger partial charge in [-0.1, -0.05) is 19.1 Å². The summed E-state index contributed by atoms with van der Waals surface area (Å²) >= 11 is 0. The summed E-state index contributed by atoms with van der Waals surface area (Å²) in [6.07, 6.45) is -3.49. The molecule has 0 bridgehead atoms. The zero-order valence-electron chi connectivity index (χ0n) is 20.1. The molecule has 10 heteroatoms. The molecule has 7 nitrogen and oxygen atoms in total. The number of imidazole rings is 1. The Hall–Kier alpha value is -3.04. The number of carbonyl (C=O) groups is 2. The van der Waals surface area contributed by atoms with Crippen LogP contribution in [0.1, 0.15) is 73.3 Å². The van der Waals surface area contributed by atoms with E-state index >= 15 is 0 Å². The van der Waals surface area contributed by atoms with Crippen molar-refractivity contribution in [2.75, 3.05) is 13.6 Å². The second-order valence-corrected chi connectivity index (χ2v) is 9.27. The van der Waals surface area contributed by atoms with E-state index in [1.54, 1.807) is 25.7 Å². The lowest BCUT2D eigenvalue weighted by atomic mass is 9.98. The Balaban J connectivity index is 1.97. The Labute approximate surface area is 197 Å². The number of rotatable bonds is 5. The van der Waals surface area contributed by atoms with Gasteiger partial charge in [-0.05, 0) is 51.3 Å². The number of nitrogens with one attached hydrogen (secondary N) is 1. The van der Waals surface area contributed by atoms with E-state index in [2.05, 4.69) is 10.3 Å². The van der Waals surface area contributed by atoms with Crippen molar-refractivity contribution in [1.29, 1.82) is 0 Å². The molecule has 0 saturated heterocycles. The highest BCUT2D eigenvalue weighted by atomic mass is 19.4. The molecule has 1 atom stereocenters. The van der Waals surface area contributed by atoms with Crippen LogP contribution in [0.4, 0.5) is 18.0 Å². The monoisotopic (exact) mass is 480 g/mol. The summed E-state index contributed by atoms with van der Waals surface area (Å²) in [5.41, 5.74) is 0.165. The van der Waals surface area contributed by atoms with Crippen molar-refractivity contribution < 1.29 is 27.5 Å². The summed E-state index contributed by atoms with van der Waals surface area (Å²) in [6, 6.07) is 4.47. The largest absolute Gasteiger partial charge is 0.444 e. The lowest BCUT2D eigenvalue weighted by Crippen LogP contribution is -2.45. The van der Waals surface area contributed by atoms with Crippen molar-refractivity contribution in [2.24, 2.45) is 0 Å². The first-order valence-corrected chi connectivity index (χ1v) is 11.3. The van der Waals surface area contributed by atoms with Crippen molar-refractivity contribution in [2.45, 2.75) is 71.3 Å². The predicted octanol–water partition coefficient (Wildman–Crippen LogP) is 4.75. The number of hydrogen-bond acceptors (Lipinski definition) is 4. The molecule has 0 saturated carbocycles. The first-order valence-electron chi connectivity index (χ1n) is 11.3. The molecule has 0 fully saturated rings. The van der Waals surface area contributed by atoms with Crippen LogP contribution in [0.25, 0.3) is 0 Å². The van der Waals surface area contributed by atoms with Crippen molar-refractivity contribution in [3.05, 3.63) is 52.6 Å². The molecule has 0 aliphatic carbocycles. The first-order chi connectivity index (χ1) is 15.9. The van der Waals surface area contributed by atoms with Crippen LogP contribution in [-0.2, 0) is 30.3 Å². The molecule has 3 rings (SSSR count). The number of fused-ring (bicyclic) bond motifs is 1. The summed E-state index contributed by atoms with van der Waals surface area (Å²) in [5.74, 6) is 0.394. The molecule has 34 heavy (non-hydrogen) atoms. The van der Waals surface area contributed by atoms with Gasteiger partial charge in [-0.2, -0.15) is 13.2 Å². The van der Waals surface area contributed by atoms with Crippen LogP contribution in [0.5, 0.6) is 0 Å². The normalized spacial score (nSPS) is 16.2. The van der Waals surface area contributed by atoms with E-state index in [1.807, 2.05) is 11.5 Å². The van der Waals surface area contributed by atoms with Gasteiger partial charge in [0.25, 0.3) is 5.91 Å². The Morgan fingerprint density at radius 1 is 1.15 bits per heavy atom. The Bertz CT molecular complexity index is 1040. The maximum absolute atomic E-state index is 13.1. The third kappa shape index (κ3) is 5.53. The van der Waals surface area contributed by atoms with Gasteiger partial charge < -0.3 is 14.6 Å². The van der Waals surface area contributed by atoms with Crippen molar-refractivity contribution in [3.8, 4) is 0 Å². The molecule has 1 aliphatic heterocycles. The average Bonchev–Trinajstić information content (AvgIpc) is 3.14. The molecule has 1 N–H and O–H groups in total. The fraction of sp³-hybridized carbons (Fsp3) is 0.542. The number of hydrogen-bond donors (Lipinski definition) is 1. The molecule has 2 amide bonds. The second-order valence-electron chi connectivity index (χ2n) is 9.27. The molecular weight excluding hydrogens is 449 g/mol. The first kappa shape index (κ1) is 25.6. The number of amides is 2. The van der Waals surface area contributed by atoms with Gasteiger partial charge in [-0.25, -0.2) is 9.78 Å². The topological polar surface area (TPSA) is 76.5 Å². The van der Waals surface area contributed by atoms with Crippen LogP contribution in [0.2, 0.25) is 0 Å². The summed E-state index contributed by atoms with van der Waals surface area (Å²) in [6.45, 7) is 8.12. The lowest BCUT2D eigenvalue weighted by Gasteiger charge is -2.38. The molecule has 0 radical (unpaired) electrons. The van der Waals surface area contributed by atoms with E-state index in [0.717, 1.165) is 18.0 Å². The minimum Gasteiger partial charge on any atom is -0.444 e. The number of carbonyl (C=O) groups excluding carboxylic acids is 2. The molecule has 1 unspecified atom stereocenters. The highest BCUT2D eigenvalue weighted by Crippen LogP contribution is 2.35. The maximum atomic E-state index is 13.1. The van der Waals surface area contributed by atoms with Crippen molar-refractivity contribution in [1.82, 2.24) is 19.8 Å². The minimum atomic E-state index is -4.40. The van der Waals surface area contributed by atoms with E-state index in [0.29, 0.717) is 43.6 Å². The lowest BCUT2D eigenvalue weighted by molar-refractivity contribution is -0.137. The number of ether oxygens (including phenoxy) is 1. The van der Waals surface area contributed by atoms with Crippen LogP contribution in [0.15, 0.2) is 24.3 Å². The maximum Gasteiger partial charge on any atom is 0.416 e. The standard InChI is InChI=1S/C24H31F3N4O3/c1-6-18-29-19(21(32)28-5)20-17(12-9-15-7-10-16(11-8-15)24(25,26)27)30(13-14-31(18)20)22(33)34-23(2,3)4/h7-8,10-11,17H,6,9,12-14H2,1-5H3,(H,28,32). The van der Waals surface area contributed by atoms with Crippen LogP contribution < -0.4 is 5.32 Å². The zero-order valence-corrected chi connectivity index (χ0v) is 20.1. The fourth-order valence-electron chi connectivity index (χ4n) is 4.16. The van der Waals surface area contributed by atoms with Gasteiger partial charge in [-0.15, -0.1) is 0 Å². The third-order valence-electron chi connectivity index (χ3n) is 5.72. The van der Waals surface area contributed by atoms with Gasteiger partial charge in [-0.3, -0.25) is 9.69 Å². The van der Waals surface area contributed by atoms with E-state index in [-0.39, 0.29) is 11.6 Å². The van der Waals surface area contributed by atoms with Gasteiger partial charge in [0.05, 0.1) is 17.3 Å². The van der Waals surface area contributed by atoms with Crippen LogP contribution in [-0.4, -0.2) is 45.6 Å². The van der Waals surface area contributed by atoms with Gasteiger partial charge in [0.2, 0.25) is 0 Å². The number of aromatic nitrogens is 2. The van der Waals surface area contributed by atoms with Crippen LogP contribution in [0.3, 0.4) is 0 Å². The molecule has 1 aromatic carbocycles. The predicted molar refractivity (Wildman–Crippen MR) is 120 cm³/mol. The van der Waals surface area contributed by atoms with E-state index in [1.165, 1.54) is 19.2 Å². The molecule has 1 aliphatic rings. The summed E-state index contributed by atoms with van der Waals surface area (Å²) < 4.78 is 46.4. The average molecular weight is 481 g/mol. The Kier molecular flexibility index (Phi) is 7.28. The number of alkyl halides is 3. The molecule has 2 heterocycles. The third-order valence-corrected chi connectivity index (χ3v) is 5.72. The van der Waals surface area contributed by atoms with Gasteiger partial charge in [0.1, 0.15) is 11.4 Å². The van der Waals surface area contributed by atoms with Crippen molar-refractivity contribution in [3.63, 3.8) is 0 Å². The number of halogens is 3. The molecule has 0 spiro atoms. The number of benzene rings is 1. The highest BCUT2D eigenvalue weighted by molar-refractivity contribution is 5.93. The Morgan fingerprint density at radius 2 is 1.79 bits per heavy atom. The van der Waals surface area contributed by atoms with E-state index in [4.69, 9.17) is 4.74 Å². The van der Waals surface area contributed by atoms with Crippen molar-refractivity contribution >= 4 is 12.0 Å². The second kappa shape index (κ2) is 9.68. The summed E-state index contributed by atoms with van der Waals surface area (Å²) in [4.78, 5) is 31.9. The SMILES string of the molecule is CCc1nc(C(=O)NC)c2n1CCN(C(=O)OC(C)(C)C)C2CCc1ccc(C(F)(F)F)cc1. The minimum absolute atomic E-state index is 0.255. The highest BCUT2D eigenvalue weighted by Gasteiger charge is 2.38. The van der Waals surface area contributed by atoms with E-state index in [9.17, 15) is 22.8 Å². The van der Waals surface area contributed by atoms with Gasteiger partial charge >= 0.3 is 12.3 Å². The van der Waals surface area contributed by atoms with E-state index < -0.39 is 29.5 Å². The van der Waals surface area contributed by atoms with Gasteiger partial charge in [0.15, 0.2) is 5.69 Å². The number of aryl methyl sites for hydroxylation is 2. The smallest absolute Gasteiger partial charge is 0.416 e. The summed E-state index contributed by atoms with van der Waals surface area (Å²) in [5, 5.41) is 2.61. The van der Waals surface area contributed by atoms with Crippen LogP contribution >= 0.6 is 0 Å².